The van der Waals surface area contributed by atoms with Gasteiger partial charge in [0.2, 0.25) is 55.2 Å². The summed E-state index contributed by atoms with van der Waals surface area (Å²) in [6.45, 7) is 42.9. The molecular formula is C74H114N12O14S3. The average Bonchev–Trinajstić information content (AvgIpc) is 1.53. The number of ketones is 2. The first-order valence-electron chi connectivity index (χ1n) is 36.0. The van der Waals surface area contributed by atoms with E-state index in [0.717, 1.165) is 17.7 Å². The summed E-state index contributed by atoms with van der Waals surface area (Å²) in [5.41, 5.74) is -2.39. The molecule has 26 nitrogen and oxygen atoms in total. The zero-order valence-corrected chi connectivity index (χ0v) is 66.0. The third-order valence-electron chi connectivity index (χ3n) is 21.6. The molecule has 4 aliphatic heterocycles. The van der Waals surface area contributed by atoms with Gasteiger partial charge in [-0.05, 0) is 92.1 Å². The number of benzene rings is 1. The first-order chi connectivity index (χ1) is 47.6. The van der Waals surface area contributed by atoms with Crippen LogP contribution in [0, 0.1) is 56.2 Å². The van der Waals surface area contributed by atoms with E-state index in [1.54, 1.807) is 35.7 Å². The number of thiophene rings is 1. The summed E-state index contributed by atoms with van der Waals surface area (Å²) in [4.78, 5) is 140. The third kappa shape index (κ3) is 18.6. The predicted molar refractivity (Wildman–Crippen MR) is 394 cm³/mol. The Morgan fingerprint density at radius 2 is 0.932 bits per heavy atom. The van der Waals surface area contributed by atoms with Crippen LogP contribution in [0.2, 0.25) is 0 Å². The highest BCUT2D eigenvalue weighted by Gasteiger charge is 2.71. The molecule has 2 saturated carbocycles. The number of hydrogen-bond donors (Lipinski definition) is 8. The Morgan fingerprint density at radius 3 is 1.29 bits per heavy atom. The van der Waals surface area contributed by atoms with Crippen molar-refractivity contribution in [2.45, 2.75) is 234 Å². The lowest BCUT2D eigenvalue weighted by atomic mass is 9.85. The third-order valence-corrected chi connectivity index (χ3v) is 26.4. The quantitative estimate of drug-likeness (QED) is 0.0322. The van der Waals surface area contributed by atoms with Crippen LogP contribution in [0.4, 0.5) is 9.59 Å². The normalized spacial score (nSPS) is 23.5. The SMILES string of the molecule is C=CCNC(=O)C(=O)C(CCCC)NC(=O)[C@@H]1[C@@H]2[C@H](CN1C(=O)[C@@H](NC(=O)N[C@H](CN1Cc3ccccc3S1(=O)=O)C(C)(C)C)C(C)(C)C)C2(C)C.C=CCNC(=O)C(=O)C(CCCC)NC(=O)[C@@H]1[C@@H]2[C@H](CN1C(=O)[C@@H](NC(=O)N[C@H](CN1Cc3sccc3S1(=O)=O)C(C)(C)C)C(C)(C)C)C2(C)C. The van der Waals surface area contributed by atoms with Gasteiger partial charge in [-0.2, -0.15) is 8.61 Å². The lowest BCUT2D eigenvalue weighted by Gasteiger charge is -2.39. The van der Waals surface area contributed by atoms with Crippen molar-refractivity contribution in [3.8, 4) is 0 Å². The van der Waals surface area contributed by atoms with Crippen molar-refractivity contribution in [2.75, 3.05) is 39.3 Å². The number of Topliss-reactive ketones (excluding diaryl/α,β-unsaturated/α-hetero) is 2. The van der Waals surface area contributed by atoms with Gasteiger partial charge in [-0.1, -0.05) is 181 Å². The van der Waals surface area contributed by atoms with E-state index in [1.807, 2.05) is 125 Å². The second-order valence-electron chi connectivity index (χ2n) is 34.0. The van der Waals surface area contributed by atoms with E-state index in [0.29, 0.717) is 36.4 Å². The van der Waals surface area contributed by atoms with Gasteiger partial charge in [-0.3, -0.25) is 38.4 Å². The highest BCUT2D eigenvalue weighted by molar-refractivity contribution is 7.89. The van der Waals surface area contributed by atoms with Gasteiger partial charge in [0, 0.05) is 69.3 Å². The van der Waals surface area contributed by atoms with Gasteiger partial charge in [0.1, 0.15) is 24.2 Å². The molecule has 4 fully saturated rings. The number of carbonyl (C=O) groups excluding carboxylic acids is 10. The van der Waals surface area contributed by atoms with Crippen LogP contribution in [0.15, 0.2) is 70.8 Å². The maximum absolute atomic E-state index is 14.5. The Labute approximate surface area is 614 Å². The largest absolute Gasteiger partial charge is 0.346 e. The molecule has 2 unspecified atom stereocenters. The maximum Gasteiger partial charge on any atom is 0.315 e. The van der Waals surface area contributed by atoms with Crippen molar-refractivity contribution < 1.29 is 64.8 Å². The van der Waals surface area contributed by atoms with Gasteiger partial charge >= 0.3 is 12.1 Å². The molecule has 12 atom stereocenters. The van der Waals surface area contributed by atoms with Crippen molar-refractivity contribution in [3.63, 3.8) is 0 Å². The van der Waals surface area contributed by atoms with E-state index in [-0.39, 0.29) is 91.5 Å². The van der Waals surface area contributed by atoms with Gasteiger partial charge < -0.3 is 52.3 Å². The summed E-state index contributed by atoms with van der Waals surface area (Å²) in [5.74, 6) is -5.24. The predicted octanol–water partition coefficient (Wildman–Crippen LogP) is 6.76. The Balaban J connectivity index is 0.000000288. The molecule has 572 valence electrons. The molecule has 103 heavy (non-hydrogen) atoms. The smallest absolute Gasteiger partial charge is 0.315 e. The van der Waals surface area contributed by atoms with E-state index in [4.69, 9.17) is 0 Å². The van der Waals surface area contributed by atoms with Gasteiger partial charge in [-0.15, -0.1) is 24.5 Å². The van der Waals surface area contributed by atoms with Crippen LogP contribution in [-0.2, 0) is 71.5 Å². The number of unbranched alkanes of at least 4 members (excludes halogenated alkanes) is 2. The summed E-state index contributed by atoms with van der Waals surface area (Å²) >= 11 is 1.38. The molecule has 0 bridgehead atoms. The molecule has 2 aromatic rings. The van der Waals surface area contributed by atoms with Crippen molar-refractivity contribution >= 4 is 90.5 Å². The molecule has 5 heterocycles. The molecule has 6 aliphatic rings. The number of nitrogens with one attached hydrogen (secondary N) is 8. The van der Waals surface area contributed by atoms with Crippen LogP contribution in [0.5, 0.6) is 0 Å². The number of amides is 10. The topological polar surface area (TPSA) is 348 Å². The minimum atomic E-state index is -3.75. The number of hydrogen-bond acceptors (Lipinski definition) is 15. The molecule has 0 radical (unpaired) electrons. The van der Waals surface area contributed by atoms with Crippen LogP contribution < -0.4 is 42.5 Å². The minimum Gasteiger partial charge on any atom is -0.346 e. The second kappa shape index (κ2) is 31.9. The van der Waals surface area contributed by atoms with Crippen molar-refractivity contribution in [2.24, 2.45) is 56.2 Å². The van der Waals surface area contributed by atoms with Gasteiger partial charge in [0.25, 0.3) is 11.8 Å². The number of urea groups is 2. The Kier molecular flexibility index (Phi) is 25.8. The number of fused-ring (bicyclic) bond motifs is 4. The lowest BCUT2D eigenvalue weighted by Crippen LogP contribution is -2.62. The fourth-order valence-electron chi connectivity index (χ4n) is 14.8. The fourth-order valence-corrected chi connectivity index (χ4v) is 19.3. The molecular weight excluding hydrogens is 1380 g/mol. The molecule has 1 aromatic carbocycles. The van der Waals surface area contributed by atoms with Crippen molar-refractivity contribution in [3.05, 3.63) is 71.5 Å². The lowest BCUT2D eigenvalue weighted by molar-refractivity contribution is -0.145. The van der Waals surface area contributed by atoms with E-state index >= 15 is 0 Å². The van der Waals surface area contributed by atoms with Crippen LogP contribution in [0.3, 0.4) is 0 Å². The molecule has 8 N–H and O–H groups in total. The van der Waals surface area contributed by atoms with E-state index < -0.39 is 149 Å². The van der Waals surface area contributed by atoms with Gasteiger partial charge in [0.15, 0.2) is 0 Å². The zero-order chi connectivity index (χ0) is 77.2. The standard InChI is InChI=1S/C38H58N6O7S.C36H56N6O7S2/c1-11-13-17-25(30(45)33(47)39-19-12-2)40-32(46)29-28-24(38(28,9)10)21-44(29)34(48)31(37(6,7)8)42-35(49)41-27(36(3,4)5)22-43-20-23-16-14-15-18-26(23)52(43,50)51;1-11-13-14-22(28(43)31(45)37-16-12-2)38-30(44)27-26-21(36(26,9)10)18-42(27)32(46)29(35(6,7)8)40-33(47)39-25(34(3,4)5)20-41-19-23-24(15-17-50-23)51(41,48)49/h12,14-16,18,24-25,27-29,31H,2,11,13,17,19-22H2,1,3-10H3,(H,39,47)(H,40,46)(H2,41,42,49);12,15,17,21-22,25-27,29H,2,11,13-14,16,18-20H2,1,3-10H3,(H,37,45)(H,38,44)(H2,39,40,47)/t24-,25?,27+,28-,29-,31+;21-,22?,25+,26-,27-,29+/m00/s1. The maximum atomic E-state index is 14.5. The molecule has 2 saturated heterocycles. The fraction of sp³-hybridized carbons (Fsp3) is 0.676. The first-order valence-corrected chi connectivity index (χ1v) is 39.8. The molecule has 29 heteroatoms. The van der Waals surface area contributed by atoms with Crippen LogP contribution in [0.1, 0.15) is 174 Å². The molecule has 10 amide bonds. The summed E-state index contributed by atoms with van der Waals surface area (Å²) in [6, 6.07) is -0.0505. The molecule has 2 aliphatic carbocycles. The van der Waals surface area contributed by atoms with E-state index in [9.17, 15) is 64.8 Å². The number of sulfonamides is 2. The van der Waals surface area contributed by atoms with Gasteiger partial charge in [0.05, 0.1) is 21.9 Å². The van der Waals surface area contributed by atoms with E-state index in [1.165, 1.54) is 41.9 Å². The Morgan fingerprint density at radius 1 is 0.544 bits per heavy atom. The van der Waals surface area contributed by atoms with Crippen molar-refractivity contribution in [1.29, 1.82) is 0 Å². The summed E-state index contributed by atoms with van der Waals surface area (Å²) in [6.07, 6.45) is 6.18. The number of piperidine rings is 2. The summed E-state index contributed by atoms with van der Waals surface area (Å²) in [7, 11) is -7.44. The van der Waals surface area contributed by atoms with Crippen LogP contribution in [0.25, 0.3) is 0 Å². The molecule has 1 aromatic heterocycles. The highest BCUT2D eigenvalue weighted by Crippen LogP contribution is 2.66. The van der Waals surface area contributed by atoms with Crippen LogP contribution in [-0.4, -0.2) is 182 Å². The Hall–Kier alpha value is -7.08. The number of carbonyl (C=O) groups is 10. The number of nitrogens with zero attached hydrogens (tertiary/aromatic N) is 4. The first kappa shape index (κ1) is 83.2. The number of rotatable bonds is 28. The molecule has 0 spiro atoms. The molecule has 8 rings (SSSR count). The van der Waals surface area contributed by atoms with Crippen LogP contribution >= 0.6 is 11.3 Å². The summed E-state index contributed by atoms with van der Waals surface area (Å²) < 4.78 is 55.8. The average molecular weight is 1490 g/mol. The Bertz CT molecular complexity index is 3810. The summed E-state index contributed by atoms with van der Waals surface area (Å²) in [5, 5.41) is 24.0. The second-order valence-corrected chi connectivity index (χ2v) is 38.8. The zero-order valence-electron chi connectivity index (χ0n) is 63.6. The van der Waals surface area contributed by atoms with E-state index in [2.05, 4.69) is 55.7 Å². The van der Waals surface area contributed by atoms with Gasteiger partial charge in [-0.25, -0.2) is 26.4 Å². The highest BCUT2D eigenvalue weighted by atomic mass is 32.2. The number of likely N-dealkylation sites (tertiary alicyclic amines) is 2. The monoisotopic (exact) mass is 1490 g/mol. The minimum absolute atomic E-state index is 0.0262. The van der Waals surface area contributed by atoms with Crippen molar-refractivity contribution in [1.82, 2.24) is 60.9 Å².